The monoisotopic (exact) mass is 266 g/mol. The van der Waals surface area contributed by atoms with Gasteiger partial charge in [-0.1, -0.05) is 24.3 Å². The fourth-order valence-electron chi connectivity index (χ4n) is 5.90. The lowest BCUT2D eigenvalue weighted by Gasteiger charge is -2.52. The van der Waals surface area contributed by atoms with E-state index in [1.165, 1.54) is 37.7 Å². The van der Waals surface area contributed by atoms with Crippen molar-refractivity contribution in [2.75, 3.05) is 0 Å². The number of ketones is 1. The highest BCUT2D eigenvalue weighted by Crippen LogP contribution is 2.68. The topological polar surface area (TPSA) is 17.1 Å². The molecule has 0 radical (unpaired) electrons. The first-order chi connectivity index (χ1) is 9.77. The van der Waals surface area contributed by atoms with E-state index >= 15 is 0 Å². The largest absolute Gasteiger partial charge is 0.300 e. The summed E-state index contributed by atoms with van der Waals surface area (Å²) in [4.78, 5) is 11.9. The van der Waals surface area contributed by atoms with Gasteiger partial charge in [-0.15, -0.1) is 0 Å². The minimum absolute atomic E-state index is 0.546. The van der Waals surface area contributed by atoms with Crippen LogP contribution >= 0.6 is 0 Å². The summed E-state index contributed by atoms with van der Waals surface area (Å²) >= 11 is 0. The van der Waals surface area contributed by atoms with Gasteiger partial charge in [-0.25, -0.2) is 0 Å². The number of hydrogen-bond acceptors (Lipinski definition) is 1. The summed E-state index contributed by atoms with van der Waals surface area (Å²) in [6.07, 6.45) is 17.7. The summed E-state index contributed by atoms with van der Waals surface area (Å²) in [6.45, 7) is 0. The number of carbonyl (C=O) groups is 1. The molecule has 0 heterocycles. The Labute approximate surface area is 120 Å². The lowest BCUT2D eigenvalue weighted by atomic mass is 9.52. The molecule has 0 N–H and O–H groups in total. The van der Waals surface area contributed by atoms with Gasteiger partial charge >= 0.3 is 0 Å². The zero-order valence-electron chi connectivity index (χ0n) is 12.0. The molecule has 1 nitrogen and oxygen atoms in total. The van der Waals surface area contributed by atoms with E-state index in [0.29, 0.717) is 11.2 Å². The van der Waals surface area contributed by atoms with Crippen molar-refractivity contribution in [3.63, 3.8) is 0 Å². The summed E-state index contributed by atoms with van der Waals surface area (Å²) in [5.41, 5.74) is 3.70. The summed E-state index contributed by atoms with van der Waals surface area (Å²) < 4.78 is 0. The van der Waals surface area contributed by atoms with Crippen molar-refractivity contribution in [1.29, 1.82) is 0 Å². The van der Waals surface area contributed by atoms with Gasteiger partial charge in [0, 0.05) is 12.8 Å². The standard InChI is InChI=1S/C19H22O/c20-13-5-7-16-15-6-4-12-2-1-3-14(12)17(15)11-19(8-9-19)18(16)10-13/h1-4,15-18H,5-11H2. The average Bonchev–Trinajstić information content (AvgIpc) is 3.05. The Morgan fingerprint density at radius 2 is 2.10 bits per heavy atom. The minimum Gasteiger partial charge on any atom is -0.300 e. The van der Waals surface area contributed by atoms with Gasteiger partial charge in [0.1, 0.15) is 5.78 Å². The van der Waals surface area contributed by atoms with Crippen molar-refractivity contribution in [2.45, 2.75) is 44.9 Å². The Kier molecular flexibility index (Phi) is 2.16. The molecule has 0 saturated heterocycles. The molecule has 5 aliphatic rings. The second-order valence-electron chi connectivity index (χ2n) is 7.76. The van der Waals surface area contributed by atoms with Gasteiger partial charge in [-0.2, -0.15) is 0 Å². The number of allylic oxidation sites excluding steroid dienone is 6. The van der Waals surface area contributed by atoms with E-state index in [4.69, 9.17) is 0 Å². The molecule has 4 unspecified atom stereocenters. The Bertz CT molecular complexity index is 573. The van der Waals surface area contributed by atoms with Crippen molar-refractivity contribution in [3.05, 3.63) is 35.5 Å². The van der Waals surface area contributed by atoms with E-state index < -0.39 is 0 Å². The zero-order chi connectivity index (χ0) is 13.3. The molecular weight excluding hydrogens is 244 g/mol. The van der Waals surface area contributed by atoms with Gasteiger partial charge in [-0.05, 0) is 72.3 Å². The van der Waals surface area contributed by atoms with Crippen molar-refractivity contribution in [3.8, 4) is 0 Å². The third-order valence-electron chi connectivity index (χ3n) is 6.99. The number of rotatable bonds is 0. The van der Waals surface area contributed by atoms with Crippen LogP contribution in [0.3, 0.4) is 0 Å². The highest BCUT2D eigenvalue weighted by atomic mass is 16.1. The average molecular weight is 266 g/mol. The molecule has 4 atom stereocenters. The van der Waals surface area contributed by atoms with Gasteiger partial charge < -0.3 is 0 Å². The maximum absolute atomic E-state index is 11.9. The Balaban J connectivity index is 1.55. The van der Waals surface area contributed by atoms with E-state index in [-0.39, 0.29) is 0 Å². The number of hydrogen-bond donors (Lipinski definition) is 0. The van der Waals surface area contributed by atoms with Crippen LogP contribution in [0.4, 0.5) is 0 Å². The van der Waals surface area contributed by atoms with E-state index in [0.717, 1.165) is 36.5 Å². The summed E-state index contributed by atoms with van der Waals surface area (Å²) in [5.74, 6) is 3.73. The predicted octanol–water partition coefficient (Wildman–Crippen LogP) is 4.21. The number of Topliss-reactive ketones (excluding diaryl/α,β-unsaturated/α-hetero) is 1. The molecule has 0 aromatic rings. The molecule has 104 valence electrons. The van der Waals surface area contributed by atoms with Gasteiger partial charge in [0.25, 0.3) is 0 Å². The second kappa shape index (κ2) is 3.75. The van der Waals surface area contributed by atoms with Crippen LogP contribution in [0.5, 0.6) is 0 Å². The van der Waals surface area contributed by atoms with Crippen LogP contribution in [-0.4, -0.2) is 5.78 Å². The second-order valence-corrected chi connectivity index (χ2v) is 7.76. The van der Waals surface area contributed by atoms with Crippen LogP contribution in [0.2, 0.25) is 0 Å². The first-order valence-electron chi connectivity index (χ1n) is 8.37. The Morgan fingerprint density at radius 1 is 1.20 bits per heavy atom. The minimum atomic E-state index is 0.546. The van der Waals surface area contributed by atoms with Gasteiger partial charge in [0.15, 0.2) is 0 Å². The Morgan fingerprint density at radius 3 is 2.95 bits per heavy atom. The molecule has 1 spiro atoms. The molecule has 3 fully saturated rings. The highest BCUT2D eigenvalue weighted by molar-refractivity contribution is 5.79. The molecule has 20 heavy (non-hydrogen) atoms. The van der Waals surface area contributed by atoms with Gasteiger partial charge in [0.05, 0.1) is 0 Å². The molecule has 0 aromatic heterocycles. The summed E-state index contributed by atoms with van der Waals surface area (Å²) in [7, 11) is 0. The van der Waals surface area contributed by atoms with Crippen LogP contribution in [0.25, 0.3) is 0 Å². The van der Waals surface area contributed by atoms with Crippen molar-refractivity contribution < 1.29 is 4.79 Å². The fourth-order valence-corrected chi connectivity index (χ4v) is 5.90. The molecule has 5 aliphatic carbocycles. The first-order valence-corrected chi connectivity index (χ1v) is 8.37. The maximum Gasteiger partial charge on any atom is 0.133 e. The molecule has 0 aliphatic heterocycles. The number of fused-ring (bicyclic) bond motifs is 6. The molecule has 0 bridgehead atoms. The van der Waals surface area contributed by atoms with Crippen LogP contribution in [0.15, 0.2) is 35.5 Å². The van der Waals surface area contributed by atoms with Crippen LogP contribution < -0.4 is 0 Å². The number of carbonyl (C=O) groups excluding carboxylic acids is 1. The first kappa shape index (κ1) is 11.5. The smallest absolute Gasteiger partial charge is 0.133 e. The molecule has 3 saturated carbocycles. The zero-order valence-corrected chi connectivity index (χ0v) is 12.0. The predicted molar refractivity (Wildman–Crippen MR) is 79.0 cm³/mol. The lowest BCUT2D eigenvalue weighted by Crippen LogP contribution is -2.46. The summed E-state index contributed by atoms with van der Waals surface area (Å²) in [6, 6.07) is 0. The van der Waals surface area contributed by atoms with Gasteiger partial charge in [0.2, 0.25) is 0 Å². The molecule has 5 rings (SSSR count). The molecule has 1 heteroatoms. The lowest BCUT2D eigenvalue weighted by molar-refractivity contribution is -0.127. The third kappa shape index (κ3) is 1.42. The van der Waals surface area contributed by atoms with E-state index in [1.54, 1.807) is 5.57 Å². The van der Waals surface area contributed by atoms with Crippen molar-refractivity contribution in [1.82, 2.24) is 0 Å². The maximum atomic E-state index is 11.9. The van der Waals surface area contributed by atoms with Gasteiger partial charge in [-0.3, -0.25) is 4.79 Å². The summed E-state index contributed by atoms with van der Waals surface area (Å²) in [5, 5.41) is 0. The van der Waals surface area contributed by atoms with Crippen molar-refractivity contribution in [2.24, 2.45) is 29.1 Å². The highest BCUT2D eigenvalue weighted by Gasteiger charge is 2.60. The Hall–Kier alpha value is -1.11. The van der Waals surface area contributed by atoms with Crippen LogP contribution in [0, 0.1) is 29.1 Å². The molecule has 0 aromatic carbocycles. The fraction of sp³-hybridized carbons (Fsp3) is 0.632. The normalized spacial score (nSPS) is 43.5. The van der Waals surface area contributed by atoms with Crippen molar-refractivity contribution >= 4 is 5.78 Å². The van der Waals surface area contributed by atoms with Crippen LogP contribution in [-0.2, 0) is 4.79 Å². The third-order valence-corrected chi connectivity index (χ3v) is 6.99. The van der Waals surface area contributed by atoms with E-state index in [9.17, 15) is 4.79 Å². The SMILES string of the molecule is O=C1CCC2C3CC=C4C=CC=C4C3CC3(CC3)C2C1. The molecule has 0 amide bonds. The van der Waals surface area contributed by atoms with Crippen LogP contribution in [0.1, 0.15) is 44.9 Å². The van der Waals surface area contributed by atoms with E-state index in [1.807, 2.05) is 0 Å². The van der Waals surface area contributed by atoms with E-state index in [2.05, 4.69) is 24.3 Å². The quantitative estimate of drug-likeness (QED) is 0.641. The molecular formula is C19H22O.